The van der Waals surface area contributed by atoms with Crippen molar-refractivity contribution in [3.8, 4) is 0 Å². The lowest BCUT2D eigenvalue weighted by Gasteiger charge is -2.42. The van der Waals surface area contributed by atoms with Crippen LogP contribution in [0.25, 0.3) is 11.0 Å². The topological polar surface area (TPSA) is 230 Å². The van der Waals surface area contributed by atoms with Crippen LogP contribution >= 0.6 is 0 Å². The van der Waals surface area contributed by atoms with Crippen molar-refractivity contribution in [2.75, 3.05) is 72.1 Å². The number of nitrogens with two attached hydrogens (primary N) is 2. The first-order valence-electron chi connectivity index (χ1n) is 24.0. The van der Waals surface area contributed by atoms with Crippen molar-refractivity contribution >= 4 is 51.4 Å². The van der Waals surface area contributed by atoms with Crippen LogP contribution in [0.1, 0.15) is 86.2 Å². The van der Waals surface area contributed by atoms with Gasteiger partial charge in [-0.3, -0.25) is 14.8 Å². The molecule has 5 aromatic rings. The number of furan rings is 1. The van der Waals surface area contributed by atoms with E-state index in [4.69, 9.17) is 55.3 Å². The summed E-state index contributed by atoms with van der Waals surface area (Å²) in [7, 11) is 0. The zero-order valence-electron chi connectivity index (χ0n) is 39.0. The summed E-state index contributed by atoms with van der Waals surface area (Å²) in [6.07, 6.45) is 5.64. The van der Waals surface area contributed by atoms with Gasteiger partial charge in [-0.1, -0.05) is 12.1 Å². The molecule has 6 N–H and O–H groups in total. The van der Waals surface area contributed by atoms with E-state index in [1.165, 1.54) is 0 Å². The molecule has 4 atom stereocenters. The van der Waals surface area contributed by atoms with Gasteiger partial charge in [-0.25, -0.2) is 19.9 Å². The lowest BCUT2D eigenvalue weighted by atomic mass is 9.73. The first kappa shape index (κ1) is 44.6. The Hall–Kier alpha value is -5.89. The molecule has 18 nitrogen and oxygen atoms in total. The number of piperidine rings is 2. The summed E-state index contributed by atoms with van der Waals surface area (Å²) in [6, 6.07) is 15.9. The number of carbonyl (C=O) groups excluding carboxylic acids is 1. The number of nitrogens with zero attached hydrogens (tertiary/aromatic N) is 10. The van der Waals surface area contributed by atoms with E-state index in [1.54, 1.807) is 18.1 Å². The molecular weight excluding hydrogens is 865 g/mol. The van der Waals surface area contributed by atoms with Crippen LogP contribution in [0.4, 0.5) is 23.0 Å². The number of amidine groups is 1. The van der Waals surface area contributed by atoms with E-state index in [2.05, 4.69) is 34.6 Å². The third-order valence-corrected chi connectivity index (χ3v) is 15.7. The Kier molecular flexibility index (Phi) is 11.5. The van der Waals surface area contributed by atoms with E-state index in [0.29, 0.717) is 49.9 Å². The number of hydrogen-bond acceptors (Lipinski definition) is 17. The van der Waals surface area contributed by atoms with Gasteiger partial charge in [0, 0.05) is 80.1 Å². The number of hydrogen-bond donors (Lipinski definition) is 4. The number of rotatable bonds is 5. The van der Waals surface area contributed by atoms with Crippen molar-refractivity contribution in [2.45, 2.75) is 97.0 Å². The fourth-order valence-corrected chi connectivity index (χ4v) is 11.5. The smallest absolute Gasteiger partial charge is 0.223 e. The molecule has 3 aromatic heterocycles. The van der Waals surface area contributed by atoms with Crippen LogP contribution in [0.15, 0.2) is 69.2 Å². The molecule has 12 rings (SSSR count). The summed E-state index contributed by atoms with van der Waals surface area (Å²) in [5, 5.41) is 21.4. The summed E-state index contributed by atoms with van der Waals surface area (Å²) in [5.74, 6) is 2.27. The van der Waals surface area contributed by atoms with Gasteiger partial charge in [0.05, 0.1) is 86.5 Å². The Bertz CT molecular complexity index is 2810. The number of aliphatic hydroxyl groups excluding tert-OH is 2. The molecule has 7 aliphatic rings. The average molecular weight is 925 g/mol. The molecule has 4 fully saturated rings. The lowest BCUT2D eigenvalue weighted by molar-refractivity contribution is -0.116. The lowest BCUT2D eigenvalue weighted by Crippen LogP contribution is -2.51. The molecule has 2 spiro atoms. The zero-order chi connectivity index (χ0) is 46.9. The zero-order valence-corrected chi connectivity index (χ0v) is 39.0. The van der Waals surface area contributed by atoms with Gasteiger partial charge in [-0.05, 0) is 75.9 Å². The van der Waals surface area contributed by atoms with Crippen LogP contribution in [-0.2, 0) is 40.6 Å². The van der Waals surface area contributed by atoms with Gasteiger partial charge in [0.25, 0.3) is 0 Å². The molecule has 4 saturated heterocycles. The number of para-hydroxylation sites is 2. The minimum Gasteiger partial charge on any atom is -0.464 e. The molecule has 0 saturated carbocycles. The molecule has 356 valence electrons. The molecule has 2 aromatic carbocycles. The van der Waals surface area contributed by atoms with E-state index in [-0.39, 0.29) is 54.2 Å². The van der Waals surface area contributed by atoms with E-state index >= 15 is 0 Å². The maximum atomic E-state index is 12.2. The summed E-state index contributed by atoms with van der Waals surface area (Å²) < 4.78 is 17.2. The maximum Gasteiger partial charge on any atom is 0.223 e. The van der Waals surface area contributed by atoms with E-state index in [1.807, 2.05) is 42.5 Å². The number of carbonyl (C=O) groups is 1. The van der Waals surface area contributed by atoms with Crippen molar-refractivity contribution < 1.29 is 28.9 Å². The summed E-state index contributed by atoms with van der Waals surface area (Å²) in [4.78, 5) is 49.7. The quantitative estimate of drug-likeness (QED) is 0.196. The highest BCUT2D eigenvalue weighted by Gasteiger charge is 2.49. The van der Waals surface area contributed by atoms with Crippen molar-refractivity contribution in [3.63, 3.8) is 0 Å². The summed E-state index contributed by atoms with van der Waals surface area (Å²) >= 11 is 0. The van der Waals surface area contributed by atoms with Crippen LogP contribution in [-0.4, -0.2) is 124 Å². The van der Waals surface area contributed by atoms with Crippen LogP contribution < -0.4 is 31.1 Å². The largest absolute Gasteiger partial charge is 0.464 e. The molecule has 10 heterocycles. The Labute approximate surface area is 395 Å². The minimum atomic E-state index is -0.196. The molecule has 0 radical (unpaired) electrons. The maximum absolute atomic E-state index is 12.2. The monoisotopic (exact) mass is 924 g/mol. The van der Waals surface area contributed by atoms with Gasteiger partial charge in [0.15, 0.2) is 17.5 Å². The highest BCUT2D eigenvalue weighted by molar-refractivity contribution is 6.15. The van der Waals surface area contributed by atoms with Crippen LogP contribution in [0, 0.1) is 10.8 Å². The number of ether oxygens (including phenoxy) is 2. The minimum absolute atomic E-state index is 0.0190. The van der Waals surface area contributed by atoms with E-state index in [9.17, 15) is 15.0 Å². The average Bonchev–Trinajstić information content (AvgIpc) is 4.21. The van der Waals surface area contributed by atoms with Gasteiger partial charge >= 0.3 is 0 Å². The molecule has 0 unspecified atom stereocenters. The van der Waals surface area contributed by atoms with Crippen LogP contribution in [0.3, 0.4) is 0 Å². The van der Waals surface area contributed by atoms with E-state index < -0.39 is 0 Å². The number of anilines is 4. The number of amides is 1. The number of fused-ring (bicyclic) bond motifs is 4. The molecule has 0 bridgehead atoms. The summed E-state index contributed by atoms with van der Waals surface area (Å²) in [5.41, 5.74) is 21.8. The first-order chi connectivity index (χ1) is 33.0. The van der Waals surface area contributed by atoms with Crippen LogP contribution in [0.2, 0.25) is 0 Å². The predicted octanol–water partition coefficient (Wildman–Crippen LogP) is 3.83. The van der Waals surface area contributed by atoms with Gasteiger partial charge in [0.2, 0.25) is 5.91 Å². The molecule has 7 aliphatic heterocycles. The standard InChI is InChI=1S/C26H33N7O3.C24H27N5O3/c1-16-23(27)26(15-36-16)7-9-31(10-8-26)24-19(14-34)29-22-18(30-24)13-28-25(22)33-12-11-32(17(2)35)20-5-3-4-6-21(20)33;1-14-22(25)24(13-32-14)5-7-29(8-6-24)23-18(12-30)27-21-17(28-23)11-26-20(21)16-2-3-19-15(10-16)4-9-31-19/h3-6,16,23,34H,7-15,27H2,1-2H3;2-4,9-10,14,22,30H,5-8,11-13,25H2,1H3/t16-,23+;14-,22+/m00/s1. The number of benzene rings is 2. The second-order valence-electron chi connectivity index (χ2n) is 19.5. The second-order valence-corrected chi connectivity index (χ2v) is 19.5. The highest BCUT2D eigenvalue weighted by atomic mass is 16.5. The SMILES string of the molecule is CC(=O)N1CCN(C2=NCc3nc(N4CCC5(CC4)CO[C@@H](C)[C@H]5N)c(CO)nc32)c2ccccc21.C[C@@H]1OCC2(CCN(c3nc4c(nc3CO)C(c3ccc5occc5c3)=NC4)CC2)[C@@H]1N. The molecule has 1 amide bonds. The number of aliphatic imine (C=N–C) groups is 2. The fraction of sp³-hybridized carbons (Fsp3) is 0.500. The highest BCUT2D eigenvalue weighted by Crippen LogP contribution is 2.44. The van der Waals surface area contributed by atoms with Gasteiger partial charge < -0.3 is 55.2 Å². The van der Waals surface area contributed by atoms with Gasteiger partial charge in [-0.2, -0.15) is 0 Å². The fourth-order valence-electron chi connectivity index (χ4n) is 11.5. The Morgan fingerprint density at radius 1 is 0.721 bits per heavy atom. The second kappa shape index (κ2) is 17.6. The Morgan fingerprint density at radius 3 is 1.87 bits per heavy atom. The molecule has 68 heavy (non-hydrogen) atoms. The van der Waals surface area contributed by atoms with Crippen molar-refractivity contribution in [1.29, 1.82) is 0 Å². The molecule has 18 heteroatoms. The normalized spacial score (nSPS) is 24.5. The third kappa shape index (κ3) is 7.52. The molecular formula is C50H60N12O6. The Balaban J connectivity index is 0.000000150. The van der Waals surface area contributed by atoms with Crippen LogP contribution in [0.5, 0.6) is 0 Å². The third-order valence-electron chi connectivity index (χ3n) is 15.7. The number of aromatic nitrogens is 4. The van der Waals surface area contributed by atoms with Crippen molar-refractivity contribution in [3.05, 3.63) is 94.5 Å². The first-order valence-corrected chi connectivity index (χ1v) is 24.0. The van der Waals surface area contributed by atoms with E-state index in [0.717, 1.165) is 127 Å². The van der Waals surface area contributed by atoms with Crippen molar-refractivity contribution in [2.24, 2.45) is 32.3 Å². The predicted molar refractivity (Wildman–Crippen MR) is 258 cm³/mol. The van der Waals surface area contributed by atoms with Gasteiger partial charge in [-0.15, -0.1) is 0 Å². The summed E-state index contributed by atoms with van der Waals surface area (Å²) in [6.45, 7) is 12.2. The number of aliphatic hydroxyl groups is 2. The molecule has 0 aliphatic carbocycles. The van der Waals surface area contributed by atoms with Crippen molar-refractivity contribution in [1.82, 2.24) is 19.9 Å². The Morgan fingerprint density at radius 2 is 1.29 bits per heavy atom. The van der Waals surface area contributed by atoms with Gasteiger partial charge in [0.1, 0.15) is 28.4 Å².